The van der Waals surface area contributed by atoms with Gasteiger partial charge in [-0.2, -0.15) is 0 Å². The van der Waals surface area contributed by atoms with E-state index in [1.807, 2.05) is 6.07 Å². The van der Waals surface area contributed by atoms with E-state index in [-0.39, 0.29) is 6.61 Å². The number of nitrogens with one attached hydrogen (secondary N) is 2. The van der Waals surface area contributed by atoms with Crippen LogP contribution in [-0.4, -0.2) is 61.3 Å². The largest absolute Gasteiger partial charge is 0.480 e. The van der Waals surface area contributed by atoms with E-state index in [2.05, 4.69) is 20.1 Å². The number of methoxy groups -OCH3 is 2. The van der Waals surface area contributed by atoms with Crippen LogP contribution in [0.3, 0.4) is 0 Å². The first-order valence-electron chi connectivity index (χ1n) is 10.2. The summed E-state index contributed by atoms with van der Waals surface area (Å²) >= 11 is 0. The number of benzene rings is 1. The van der Waals surface area contributed by atoms with Crippen molar-refractivity contribution in [2.45, 2.75) is 39.5 Å². The Hall–Kier alpha value is -3.63. The molecule has 0 aliphatic carbocycles. The highest BCUT2D eigenvalue weighted by molar-refractivity contribution is 5.96. The highest BCUT2D eigenvalue weighted by atomic mass is 16.6. The molecule has 0 aromatic heterocycles. The fraction of sp³-hybridized carbons (Fsp3) is 0.500. The quantitative estimate of drug-likeness (QED) is 0.247. The van der Waals surface area contributed by atoms with Crippen LogP contribution in [0.25, 0.3) is 0 Å². The number of carbonyl (C=O) groups is 5. The van der Waals surface area contributed by atoms with Crippen molar-refractivity contribution in [1.82, 2.24) is 10.6 Å². The molecule has 1 aromatic rings. The van der Waals surface area contributed by atoms with Crippen molar-refractivity contribution in [3.05, 3.63) is 35.9 Å². The van der Waals surface area contributed by atoms with Crippen molar-refractivity contribution in [2.24, 2.45) is 17.8 Å². The number of aliphatic carboxylic acids is 1. The summed E-state index contributed by atoms with van der Waals surface area (Å²) in [5, 5.41) is 14.3. The van der Waals surface area contributed by atoms with E-state index in [9.17, 15) is 29.1 Å². The van der Waals surface area contributed by atoms with Gasteiger partial charge in [0, 0.05) is 5.92 Å². The number of rotatable bonds is 11. The Labute approximate surface area is 191 Å². The summed E-state index contributed by atoms with van der Waals surface area (Å²) in [4.78, 5) is 61.0. The summed E-state index contributed by atoms with van der Waals surface area (Å²) in [5.74, 6) is -7.55. The zero-order chi connectivity index (χ0) is 25.1. The molecule has 0 heterocycles. The molecule has 33 heavy (non-hydrogen) atoms. The molecule has 0 aliphatic rings. The van der Waals surface area contributed by atoms with Crippen LogP contribution in [0.4, 0.5) is 4.79 Å². The van der Waals surface area contributed by atoms with Crippen LogP contribution >= 0.6 is 0 Å². The molecule has 0 fully saturated rings. The lowest BCUT2D eigenvalue weighted by atomic mass is 9.87. The molecule has 0 saturated heterocycles. The van der Waals surface area contributed by atoms with Gasteiger partial charge in [0.25, 0.3) is 0 Å². The molecule has 0 unspecified atom stereocenters. The van der Waals surface area contributed by atoms with Crippen molar-refractivity contribution in [3.63, 3.8) is 0 Å². The first-order chi connectivity index (χ1) is 15.5. The first kappa shape index (κ1) is 27.4. The number of carboxylic acids is 1. The summed E-state index contributed by atoms with van der Waals surface area (Å²) in [6.45, 7) is 4.57. The molecular weight excluding hydrogens is 436 g/mol. The van der Waals surface area contributed by atoms with Crippen molar-refractivity contribution in [1.29, 1.82) is 0 Å². The van der Waals surface area contributed by atoms with Gasteiger partial charge in [0.15, 0.2) is 5.92 Å². The van der Waals surface area contributed by atoms with Gasteiger partial charge in [-0.3, -0.25) is 14.4 Å². The van der Waals surface area contributed by atoms with Crippen LogP contribution in [-0.2, 0) is 40.0 Å². The monoisotopic (exact) mass is 466 g/mol. The Morgan fingerprint density at radius 1 is 0.879 bits per heavy atom. The molecule has 11 nitrogen and oxygen atoms in total. The van der Waals surface area contributed by atoms with Crippen LogP contribution < -0.4 is 10.6 Å². The van der Waals surface area contributed by atoms with E-state index in [0.29, 0.717) is 0 Å². The number of alkyl carbamates (subject to hydrolysis) is 1. The van der Waals surface area contributed by atoms with Gasteiger partial charge in [0.2, 0.25) is 5.91 Å². The van der Waals surface area contributed by atoms with Gasteiger partial charge in [-0.15, -0.1) is 0 Å². The molecule has 1 aromatic carbocycles. The third kappa shape index (κ3) is 8.09. The third-order valence-corrected chi connectivity index (χ3v) is 4.96. The molecule has 0 aliphatic heterocycles. The summed E-state index contributed by atoms with van der Waals surface area (Å²) in [7, 11) is 2.08. The van der Waals surface area contributed by atoms with Gasteiger partial charge in [-0.25, -0.2) is 9.59 Å². The SMILES string of the molecule is COC(=O)C(C(=O)OC)[C@@H](C)[C@H](NC(=O)[C@H](NC(=O)OCc1ccccc1)C(C)C)C(=O)O. The number of hydrogen-bond acceptors (Lipinski definition) is 8. The first-order valence-corrected chi connectivity index (χ1v) is 10.2. The van der Waals surface area contributed by atoms with E-state index in [0.717, 1.165) is 19.8 Å². The Morgan fingerprint density at radius 2 is 1.42 bits per heavy atom. The van der Waals surface area contributed by atoms with Crippen molar-refractivity contribution >= 4 is 29.9 Å². The van der Waals surface area contributed by atoms with E-state index in [1.54, 1.807) is 38.1 Å². The average molecular weight is 466 g/mol. The van der Waals surface area contributed by atoms with Crippen LogP contribution in [0.15, 0.2) is 30.3 Å². The average Bonchev–Trinajstić information content (AvgIpc) is 2.79. The van der Waals surface area contributed by atoms with E-state index in [4.69, 9.17) is 4.74 Å². The summed E-state index contributed by atoms with van der Waals surface area (Å²) in [6, 6.07) is 6.11. The van der Waals surface area contributed by atoms with Crippen molar-refractivity contribution in [2.75, 3.05) is 14.2 Å². The Balaban J connectivity index is 2.93. The molecule has 3 atom stereocenters. The second-order valence-corrected chi connectivity index (χ2v) is 7.64. The normalized spacial score (nSPS) is 13.4. The minimum atomic E-state index is -1.65. The maximum Gasteiger partial charge on any atom is 0.408 e. The van der Waals surface area contributed by atoms with Crippen LogP contribution in [0.2, 0.25) is 0 Å². The lowest BCUT2D eigenvalue weighted by Gasteiger charge is -2.28. The summed E-state index contributed by atoms with van der Waals surface area (Å²) in [5.41, 5.74) is 0.745. The van der Waals surface area contributed by atoms with Gasteiger partial charge in [0.05, 0.1) is 14.2 Å². The summed E-state index contributed by atoms with van der Waals surface area (Å²) < 4.78 is 14.3. The predicted octanol–water partition coefficient (Wildman–Crippen LogP) is 1.11. The van der Waals surface area contributed by atoms with Gasteiger partial charge in [0.1, 0.15) is 18.7 Å². The van der Waals surface area contributed by atoms with Crippen LogP contribution in [0.5, 0.6) is 0 Å². The highest BCUT2D eigenvalue weighted by Crippen LogP contribution is 2.20. The number of hydrogen-bond donors (Lipinski definition) is 3. The summed E-state index contributed by atoms with van der Waals surface area (Å²) in [6.07, 6.45) is -0.866. The second kappa shape index (κ2) is 13.0. The van der Waals surface area contributed by atoms with Crippen LogP contribution in [0, 0.1) is 17.8 Å². The zero-order valence-electron chi connectivity index (χ0n) is 19.2. The molecule has 182 valence electrons. The van der Waals surface area contributed by atoms with E-state index in [1.165, 1.54) is 6.92 Å². The van der Waals surface area contributed by atoms with Gasteiger partial charge >= 0.3 is 24.0 Å². The number of esters is 2. The number of ether oxygens (including phenoxy) is 3. The van der Waals surface area contributed by atoms with Gasteiger partial charge in [-0.1, -0.05) is 51.1 Å². The van der Waals surface area contributed by atoms with E-state index < -0.39 is 59.7 Å². The predicted molar refractivity (Wildman–Crippen MR) is 115 cm³/mol. The zero-order valence-corrected chi connectivity index (χ0v) is 19.2. The van der Waals surface area contributed by atoms with Crippen molar-refractivity contribution in [3.8, 4) is 0 Å². The maximum absolute atomic E-state index is 12.8. The van der Waals surface area contributed by atoms with Gasteiger partial charge in [-0.05, 0) is 11.5 Å². The molecule has 0 radical (unpaired) electrons. The molecule has 1 rings (SSSR count). The Morgan fingerprint density at radius 3 is 1.88 bits per heavy atom. The molecular formula is C22H30N2O9. The topological polar surface area (TPSA) is 157 Å². The lowest BCUT2D eigenvalue weighted by Crippen LogP contribution is -2.57. The number of carboxylic acid groups (broad SMARTS) is 1. The minimum Gasteiger partial charge on any atom is -0.480 e. The maximum atomic E-state index is 12.8. The highest BCUT2D eigenvalue weighted by Gasteiger charge is 2.42. The molecule has 0 spiro atoms. The molecule has 0 bridgehead atoms. The molecule has 3 N–H and O–H groups in total. The number of carbonyl (C=O) groups excluding carboxylic acids is 4. The molecule has 0 saturated carbocycles. The standard InChI is InChI=1S/C22H30N2O9/c1-12(2)16(24-22(30)33-11-14-9-7-6-8-10-14)18(25)23-17(19(26)27)13(3)15(20(28)31-4)21(29)32-5/h6-10,12-13,15-17H,11H2,1-5H3,(H,23,25)(H,24,30)(H,26,27)/t13-,16-,17+/m1/s1. The van der Waals surface area contributed by atoms with Gasteiger partial charge < -0.3 is 30.0 Å². The number of amides is 2. The Bertz CT molecular complexity index is 826. The van der Waals surface area contributed by atoms with Crippen LogP contribution in [0.1, 0.15) is 26.3 Å². The lowest BCUT2D eigenvalue weighted by molar-refractivity contribution is -0.163. The third-order valence-electron chi connectivity index (χ3n) is 4.96. The second-order valence-electron chi connectivity index (χ2n) is 7.64. The van der Waals surface area contributed by atoms with Crippen molar-refractivity contribution < 1.29 is 43.3 Å². The van der Waals surface area contributed by atoms with E-state index >= 15 is 0 Å². The fourth-order valence-electron chi connectivity index (χ4n) is 3.06. The molecule has 2 amide bonds. The Kier molecular flexibility index (Phi) is 10.8. The minimum absolute atomic E-state index is 0.0200. The fourth-order valence-corrected chi connectivity index (χ4v) is 3.06. The smallest absolute Gasteiger partial charge is 0.408 e. The molecule has 11 heteroatoms.